The summed E-state index contributed by atoms with van der Waals surface area (Å²) >= 11 is 0. The topological polar surface area (TPSA) is 60.0 Å². The minimum absolute atomic E-state index is 0. The number of aliphatic imine (C=N–C) groups is 1. The lowest BCUT2D eigenvalue weighted by Crippen LogP contribution is -2.45. The molecule has 7 heteroatoms. The van der Waals surface area contributed by atoms with Crippen molar-refractivity contribution < 1.29 is 4.79 Å². The number of halogens is 1. The minimum Gasteiger partial charge on any atom is -0.357 e. The van der Waals surface area contributed by atoms with Crippen LogP contribution in [0.1, 0.15) is 63.5 Å². The zero-order chi connectivity index (χ0) is 22.1. The maximum absolute atomic E-state index is 12.8. The summed E-state index contributed by atoms with van der Waals surface area (Å²) in [4.78, 5) is 22.0. The molecule has 1 aromatic rings. The standard InChI is InChI=1S/C25H41N5O.HI/c1-4-26-25(27-17-20-10-9-11-21(16-20)18-29(3)5-2)28-23-14-15-30(19-23)24(31)22-12-7-6-8-13-22;/h9-11,16,22-23H,4-8,12-15,17-19H2,1-3H3,(H2,26,27,28);1H. The Bertz CT molecular complexity index is 735. The number of carbonyl (C=O) groups is 1. The Morgan fingerprint density at radius 2 is 1.91 bits per heavy atom. The van der Waals surface area contributed by atoms with E-state index in [1.807, 2.05) is 0 Å². The van der Waals surface area contributed by atoms with Crippen molar-refractivity contribution in [3.8, 4) is 0 Å². The smallest absolute Gasteiger partial charge is 0.225 e. The van der Waals surface area contributed by atoms with Crippen LogP contribution in [0.2, 0.25) is 0 Å². The van der Waals surface area contributed by atoms with Crippen LogP contribution in [-0.2, 0) is 17.9 Å². The second kappa shape index (κ2) is 14.0. The van der Waals surface area contributed by atoms with Gasteiger partial charge in [-0.15, -0.1) is 24.0 Å². The normalized spacial score (nSPS) is 19.7. The highest BCUT2D eigenvalue weighted by Gasteiger charge is 2.31. The van der Waals surface area contributed by atoms with E-state index in [2.05, 4.69) is 65.6 Å². The van der Waals surface area contributed by atoms with Crippen molar-refractivity contribution in [2.24, 2.45) is 10.9 Å². The molecule has 1 atom stereocenters. The van der Waals surface area contributed by atoms with E-state index >= 15 is 0 Å². The van der Waals surface area contributed by atoms with Gasteiger partial charge in [0.15, 0.2) is 5.96 Å². The molecule has 0 radical (unpaired) electrons. The quantitative estimate of drug-likeness (QED) is 0.290. The Kier molecular flexibility index (Phi) is 11.8. The van der Waals surface area contributed by atoms with Gasteiger partial charge in [0, 0.05) is 38.1 Å². The number of carbonyl (C=O) groups excluding carboxylic acids is 1. The van der Waals surface area contributed by atoms with Crippen LogP contribution >= 0.6 is 24.0 Å². The van der Waals surface area contributed by atoms with Crippen molar-refractivity contribution in [2.75, 3.05) is 33.2 Å². The third-order valence-electron chi connectivity index (χ3n) is 6.54. The first-order chi connectivity index (χ1) is 15.1. The van der Waals surface area contributed by atoms with Gasteiger partial charge < -0.3 is 20.4 Å². The monoisotopic (exact) mass is 555 g/mol. The summed E-state index contributed by atoms with van der Waals surface area (Å²) in [7, 11) is 2.14. The van der Waals surface area contributed by atoms with Gasteiger partial charge in [0.1, 0.15) is 0 Å². The summed E-state index contributed by atoms with van der Waals surface area (Å²) in [6.45, 7) is 9.39. The number of likely N-dealkylation sites (tertiary alicyclic amines) is 1. The SMILES string of the molecule is CCNC(=NCc1cccc(CN(C)CC)c1)NC1CCN(C(=O)C2CCCCC2)C1.I. The molecule has 2 N–H and O–H groups in total. The molecule has 1 aromatic carbocycles. The average Bonchev–Trinajstić information content (AvgIpc) is 3.26. The highest BCUT2D eigenvalue weighted by atomic mass is 127. The Labute approximate surface area is 211 Å². The molecular weight excluding hydrogens is 513 g/mol. The van der Waals surface area contributed by atoms with E-state index in [1.54, 1.807) is 0 Å². The molecule has 1 aliphatic heterocycles. The van der Waals surface area contributed by atoms with E-state index in [9.17, 15) is 4.79 Å². The van der Waals surface area contributed by atoms with E-state index in [4.69, 9.17) is 4.99 Å². The van der Waals surface area contributed by atoms with E-state index in [1.165, 1.54) is 30.4 Å². The molecule has 3 rings (SSSR count). The van der Waals surface area contributed by atoms with Crippen LogP contribution in [0.15, 0.2) is 29.3 Å². The van der Waals surface area contributed by atoms with Crippen molar-refractivity contribution in [1.29, 1.82) is 0 Å². The fourth-order valence-corrected chi connectivity index (χ4v) is 4.62. The van der Waals surface area contributed by atoms with Gasteiger partial charge in [0.05, 0.1) is 6.54 Å². The van der Waals surface area contributed by atoms with Crippen molar-refractivity contribution in [1.82, 2.24) is 20.4 Å². The molecule has 1 unspecified atom stereocenters. The lowest BCUT2D eigenvalue weighted by atomic mass is 9.88. The molecule has 6 nitrogen and oxygen atoms in total. The number of benzene rings is 1. The molecule has 2 aliphatic rings. The first-order valence-electron chi connectivity index (χ1n) is 12.2. The van der Waals surface area contributed by atoms with Gasteiger partial charge in [0.2, 0.25) is 5.91 Å². The average molecular weight is 556 g/mol. The number of amides is 1. The molecule has 1 saturated carbocycles. The van der Waals surface area contributed by atoms with Crippen molar-refractivity contribution in [2.45, 2.75) is 71.5 Å². The van der Waals surface area contributed by atoms with Crippen molar-refractivity contribution >= 4 is 35.8 Å². The maximum atomic E-state index is 12.8. The highest BCUT2D eigenvalue weighted by molar-refractivity contribution is 14.0. The van der Waals surface area contributed by atoms with E-state index in [0.29, 0.717) is 12.5 Å². The number of hydrogen-bond acceptors (Lipinski definition) is 3. The molecule has 32 heavy (non-hydrogen) atoms. The predicted octanol–water partition coefficient (Wildman–Crippen LogP) is 3.99. The molecule has 180 valence electrons. The van der Waals surface area contributed by atoms with Crippen molar-refractivity contribution in [3.05, 3.63) is 35.4 Å². The fourth-order valence-electron chi connectivity index (χ4n) is 4.62. The van der Waals surface area contributed by atoms with Gasteiger partial charge in [-0.25, -0.2) is 4.99 Å². The van der Waals surface area contributed by atoms with E-state index in [0.717, 1.165) is 57.9 Å². The first-order valence-corrected chi connectivity index (χ1v) is 12.2. The number of hydrogen-bond donors (Lipinski definition) is 2. The summed E-state index contributed by atoms with van der Waals surface area (Å²) < 4.78 is 0. The number of nitrogens with one attached hydrogen (secondary N) is 2. The van der Waals surface area contributed by atoms with Crippen LogP contribution in [0, 0.1) is 5.92 Å². The first kappa shape index (κ1) is 26.9. The summed E-state index contributed by atoms with van der Waals surface area (Å²) in [5.41, 5.74) is 2.54. The minimum atomic E-state index is 0. The molecule has 1 aliphatic carbocycles. The fraction of sp³-hybridized carbons (Fsp3) is 0.680. The van der Waals surface area contributed by atoms with Gasteiger partial charge in [-0.05, 0) is 50.9 Å². The van der Waals surface area contributed by atoms with Gasteiger partial charge in [-0.1, -0.05) is 50.5 Å². The molecule has 0 spiro atoms. The van der Waals surface area contributed by atoms with Crippen LogP contribution in [0.3, 0.4) is 0 Å². The van der Waals surface area contributed by atoms with Gasteiger partial charge >= 0.3 is 0 Å². The molecule has 2 fully saturated rings. The zero-order valence-electron chi connectivity index (χ0n) is 20.1. The Morgan fingerprint density at radius 3 is 2.62 bits per heavy atom. The van der Waals surface area contributed by atoms with Crippen LogP contribution < -0.4 is 10.6 Å². The zero-order valence-corrected chi connectivity index (χ0v) is 22.4. The molecule has 1 amide bonds. The Morgan fingerprint density at radius 1 is 1.16 bits per heavy atom. The lowest BCUT2D eigenvalue weighted by Gasteiger charge is -2.26. The van der Waals surface area contributed by atoms with Gasteiger partial charge in [-0.3, -0.25) is 4.79 Å². The second-order valence-electron chi connectivity index (χ2n) is 9.09. The summed E-state index contributed by atoms with van der Waals surface area (Å²) in [6, 6.07) is 8.96. The highest BCUT2D eigenvalue weighted by Crippen LogP contribution is 2.26. The van der Waals surface area contributed by atoms with Crippen LogP contribution in [0.25, 0.3) is 0 Å². The van der Waals surface area contributed by atoms with Crippen molar-refractivity contribution in [3.63, 3.8) is 0 Å². The van der Waals surface area contributed by atoms with Crippen LogP contribution in [0.4, 0.5) is 0 Å². The summed E-state index contributed by atoms with van der Waals surface area (Å²) in [5.74, 6) is 1.48. The van der Waals surface area contributed by atoms with E-state index in [-0.39, 0.29) is 35.9 Å². The molecule has 1 heterocycles. The lowest BCUT2D eigenvalue weighted by molar-refractivity contribution is -0.135. The van der Waals surface area contributed by atoms with E-state index < -0.39 is 0 Å². The molecular formula is C25H42IN5O. The number of guanidine groups is 1. The number of rotatable bonds is 8. The Balaban J connectivity index is 0.00000363. The third kappa shape index (κ3) is 8.21. The maximum Gasteiger partial charge on any atom is 0.225 e. The van der Waals surface area contributed by atoms with Crippen LogP contribution in [0.5, 0.6) is 0 Å². The third-order valence-corrected chi connectivity index (χ3v) is 6.54. The molecule has 0 bridgehead atoms. The number of nitrogens with zero attached hydrogens (tertiary/aromatic N) is 3. The largest absolute Gasteiger partial charge is 0.357 e. The molecule has 0 aromatic heterocycles. The predicted molar refractivity (Wildman–Crippen MR) is 143 cm³/mol. The molecule has 1 saturated heterocycles. The van der Waals surface area contributed by atoms with Crippen LogP contribution in [-0.4, -0.2) is 60.9 Å². The van der Waals surface area contributed by atoms with Gasteiger partial charge in [0.25, 0.3) is 0 Å². The van der Waals surface area contributed by atoms with Gasteiger partial charge in [-0.2, -0.15) is 0 Å². The Hall–Kier alpha value is -1.35. The second-order valence-corrected chi connectivity index (χ2v) is 9.09. The summed E-state index contributed by atoms with van der Waals surface area (Å²) in [5, 5.41) is 6.94. The summed E-state index contributed by atoms with van der Waals surface area (Å²) in [6.07, 6.45) is 6.84.